The van der Waals surface area contributed by atoms with Crippen molar-refractivity contribution >= 4 is 12.4 Å². The van der Waals surface area contributed by atoms with Crippen molar-refractivity contribution in [3.63, 3.8) is 0 Å². The van der Waals surface area contributed by atoms with Crippen LogP contribution in [-0.2, 0) is 0 Å². The molecule has 0 aliphatic carbocycles. The summed E-state index contributed by atoms with van der Waals surface area (Å²) in [6.45, 7) is 3.42. The van der Waals surface area contributed by atoms with Gasteiger partial charge >= 0.3 is 0 Å². The summed E-state index contributed by atoms with van der Waals surface area (Å²) in [5.41, 5.74) is 0.771. The van der Waals surface area contributed by atoms with E-state index in [1.54, 1.807) is 26.4 Å². The molecule has 1 aromatic rings. The third-order valence-corrected chi connectivity index (χ3v) is 1.55. The second kappa shape index (κ2) is 3.76. The van der Waals surface area contributed by atoms with E-state index in [4.69, 9.17) is 9.47 Å². The van der Waals surface area contributed by atoms with Crippen molar-refractivity contribution in [1.82, 2.24) is 0 Å². The van der Waals surface area contributed by atoms with Crippen LogP contribution in [0.5, 0.6) is 11.5 Å². The first-order valence-electron chi connectivity index (χ1n) is 3.50. The van der Waals surface area contributed by atoms with Gasteiger partial charge in [-0.25, -0.2) is 0 Å². The first-order chi connectivity index (χ1) is 5.81. The van der Waals surface area contributed by atoms with E-state index in [0.29, 0.717) is 11.5 Å². The van der Waals surface area contributed by atoms with Gasteiger partial charge in [0.15, 0.2) is 11.5 Å². The number of nitrogens with zero attached hydrogens (tertiary/aromatic N) is 1. The Labute approximate surface area is 71.6 Å². The minimum absolute atomic E-state index is 0.669. The van der Waals surface area contributed by atoms with E-state index < -0.39 is 0 Å². The molecule has 0 saturated heterocycles. The Morgan fingerprint density at radius 2 is 1.83 bits per heavy atom. The lowest BCUT2D eigenvalue weighted by Crippen LogP contribution is -1.88. The maximum atomic E-state index is 5.07. The molecule has 0 aliphatic rings. The van der Waals surface area contributed by atoms with E-state index in [9.17, 15) is 0 Å². The van der Waals surface area contributed by atoms with Gasteiger partial charge in [-0.05, 0) is 18.9 Å². The Kier molecular flexibility index (Phi) is 2.69. The van der Waals surface area contributed by atoms with Crippen LogP contribution in [0.4, 0.5) is 5.69 Å². The summed E-state index contributed by atoms with van der Waals surface area (Å²) in [5.74, 6) is 1.37. The molecule has 0 amide bonds. The molecular weight excluding hydrogens is 154 g/mol. The second-order valence-electron chi connectivity index (χ2n) is 2.20. The highest BCUT2D eigenvalue weighted by molar-refractivity contribution is 5.54. The number of ether oxygens (including phenoxy) is 2. The Bertz CT molecular complexity index is 284. The Morgan fingerprint density at radius 3 is 2.33 bits per heavy atom. The van der Waals surface area contributed by atoms with Crippen LogP contribution < -0.4 is 9.47 Å². The number of methoxy groups -OCH3 is 2. The van der Waals surface area contributed by atoms with Gasteiger partial charge < -0.3 is 9.47 Å². The van der Waals surface area contributed by atoms with Gasteiger partial charge in [0.05, 0.1) is 19.9 Å². The Morgan fingerprint density at radius 1 is 1.17 bits per heavy atom. The summed E-state index contributed by atoms with van der Waals surface area (Å²) in [5, 5.41) is 0. The molecule has 1 rings (SSSR count). The summed E-state index contributed by atoms with van der Waals surface area (Å²) in [4.78, 5) is 3.77. The van der Waals surface area contributed by atoms with Crippen LogP contribution in [0.2, 0.25) is 0 Å². The molecular formula is C9H11NO2. The van der Waals surface area contributed by atoms with Gasteiger partial charge in [0.1, 0.15) is 0 Å². The van der Waals surface area contributed by atoms with Gasteiger partial charge in [-0.3, -0.25) is 4.99 Å². The third-order valence-electron chi connectivity index (χ3n) is 1.55. The van der Waals surface area contributed by atoms with Crippen LogP contribution >= 0.6 is 0 Å². The minimum atomic E-state index is 0.669. The molecule has 0 radical (unpaired) electrons. The third kappa shape index (κ3) is 1.56. The van der Waals surface area contributed by atoms with Gasteiger partial charge in [-0.2, -0.15) is 0 Å². The number of benzene rings is 1. The van der Waals surface area contributed by atoms with Crippen LogP contribution in [0.1, 0.15) is 0 Å². The highest BCUT2D eigenvalue weighted by Crippen LogP contribution is 2.30. The lowest BCUT2D eigenvalue weighted by atomic mass is 10.3. The van der Waals surface area contributed by atoms with Crippen LogP contribution in [-0.4, -0.2) is 20.9 Å². The zero-order chi connectivity index (χ0) is 8.97. The molecule has 0 saturated carbocycles. The number of hydrogen-bond donors (Lipinski definition) is 0. The first-order valence-corrected chi connectivity index (χ1v) is 3.50. The summed E-state index contributed by atoms with van der Waals surface area (Å²) < 4.78 is 10.1. The molecule has 0 unspecified atom stereocenters. The quantitative estimate of drug-likeness (QED) is 0.641. The smallest absolute Gasteiger partial charge is 0.162 e. The molecule has 0 heterocycles. The van der Waals surface area contributed by atoms with E-state index in [-0.39, 0.29) is 0 Å². The van der Waals surface area contributed by atoms with Crippen molar-refractivity contribution < 1.29 is 9.47 Å². The highest BCUT2D eigenvalue weighted by atomic mass is 16.5. The molecule has 0 atom stereocenters. The van der Waals surface area contributed by atoms with Crippen LogP contribution in [0.15, 0.2) is 23.2 Å². The number of aliphatic imine (C=N–C) groups is 1. The van der Waals surface area contributed by atoms with Crippen LogP contribution in [0.3, 0.4) is 0 Å². The van der Waals surface area contributed by atoms with Crippen molar-refractivity contribution in [3.8, 4) is 11.5 Å². The van der Waals surface area contributed by atoms with Gasteiger partial charge in [-0.15, -0.1) is 0 Å². The normalized spacial score (nSPS) is 9.17. The van der Waals surface area contributed by atoms with Crippen LogP contribution in [0, 0.1) is 0 Å². The minimum Gasteiger partial charge on any atom is -0.493 e. The Hall–Kier alpha value is -1.51. The molecule has 0 spiro atoms. The van der Waals surface area contributed by atoms with Crippen molar-refractivity contribution in [2.75, 3.05) is 14.2 Å². The van der Waals surface area contributed by atoms with E-state index in [1.165, 1.54) is 0 Å². The van der Waals surface area contributed by atoms with Gasteiger partial charge in [0.2, 0.25) is 0 Å². The molecule has 3 heteroatoms. The highest BCUT2D eigenvalue weighted by Gasteiger charge is 2.02. The maximum absolute atomic E-state index is 5.07. The predicted octanol–water partition coefficient (Wildman–Crippen LogP) is 2.04. The van der Waals surface area contributed by atoms with Crippen molar-refractivity contribution in [2.24, 2.45) is 4.99 Å². The number of rotatable bonds is 3. The van der Waals surface area contributed by atoms with Gasteiger partial charge in [-0.1, -0.05) is 0 Å². The molecule has 1 aromatic carbocycles. The summed E-state index contributed by atoms with van der Waals surface area (Å²) >= 11 is 0. The monoisotopic (exact) mass is 165 g/mol. The average Bonchev–Trinajstić information content (AvgIpc) is 2.16. The molecule has 64 valence electrons. The summed E-state index contributed by atoms with van der Waals surface area (Å²) in [6, 6.07) is 5.38. The maximum Gasteiger partial charge on any atom is 0.162 e. The lowest BCUT2D eigenvalue weighted by Gasteiger charge is -2.06. The fourth-order valence-electron chi connectivity index (χ4n) is 0.923. The molecule has 0 bridgehead atoms. The van der Waals surface area contributed by atoms with Crippen molar-refractivity contribution in [2.45, 2.75) is 0 Å². The molecule has 0 fully saturated rings. The second-order valence-corrected chi connectivity index (χ2v) is 2.20. The standard InChI is InChI=1S/C9H11NO2/c1-10-7-4-5-8(11-2)9(6-7)12-3/h4-6H,1H2,2-3H3. The zero-order valence-electron chi connectivity index (χ0n) is 7.20. The summed E-state index contributed by atoms with van der Waals surface area (Å²) in [7, 11) is 3.18. The molecule has 3 nitrogen and oxygen atoms in total. The van der Waals surface area contributed by atoms with E-state index >= 15 is 0 Å². The fourth-order valence-corrected chi connectivity index (χ4v) is 0.923. The molecule has 0 aromatic heterocycles. The molecule has 12 heavy (non-hydrogen) atoms. The number of hydrogen-bond acceptors (Lipinski definition) is 3. The Balaban J connectivity index is 3.10. The largest absolute Gasteiger partial charge is 0.493 e. The average molecular weight is 165 g/mol. The predicted molar refractivity (Wildman–Crippen MR) is 48.8 cm³/mol. The van der Waals surface area contributed by atoms with E-state index in [2.05, 4.69) is 11.7 Å². The first kappa shape index (κ1) is 8.59. The van der Waals surface area contributed by atoms with Gasteiger partial charge in [0, 0.05) is 6.07 Å². The van der Waals surface area contributed by atoms with Crippen LogP contribution in [0.25, 0.3) is 0 Å². The van der Waals surface area contributed by atoms with E-state index in [1.807, 2.05) is 6.07 Å². The molecule has 0 N–H and O–H groups in total. The van der Waals surface area contributed by atoms with Gasteiger partial charge in [0.25, 0.3) is 0 Å². The topological polar surface area (TPSA) is 30.8 Å². The van der Waals surface area contributed by atoms with Crippen molar-refractivity contribution in [1.29, 1.82) is 0 Å². The summed E-state index contributed by atoms with van der Waals surface area (Å²) in [6.07, 6.45) is 0. The van der Waals surface area contributed by atoms with Crippen molar-refractivity contribution in [3.05, 3.63) is 18.2 Å². The lowest BCUT2D eigenvalue weighted by molar-refractivity contribution is 0.355. The zero-order valence-corrected chi connectivity index (χ0v) is 7.20. The SMILES string of the molecule is C=Nc1ccc(OC)c(OC)c1. The fraction of sp³-hybridized carbons (Fsp3) is 0.222. The molecule has 0 aliphatic heterocycles. The van der Waals surface area contributed by atoms with E-state index in [0.717, 1.165) is 5.69 Å².